The van der Waals surface area contributed by atoms with Crippen LogP contribution in [0.1, 0.15) is 11.1 Å². The number of hydrogen-bond donors (Lipinski definition) is 3. The van der Waals surface area contributed by atoms with Crippen molar-refractivity contribution in [3.05, 3.63) is 65.9 Å². The quantitative estimate of drug-likeness (QED) is 0.676. The van der Waals surface area contributed by atoms with Crippen molar-refractivity contribution in [3.63, 3.8) is 0 Å². The topological polar surface area (TPSA) is 74.0 Å². The highest BCUT2D eigenvalue weighted by atomic mass is 16.2. The lowest BCUT2D eigenvalue weighted by Gasteiger charge is -2.06. The average molecular weight is 321 g/mol. The highest BCUT2D eigenvalue weighted by molar-refractivity contribution is 5.95. The standard InChI is InChI=1S/C19H19N3O2/c1-20-18(23)10-13-6-8-15(9-7-13)22-19(24)11-14-12-21-17-5-3-2-4-16(14)17/h2-9,12,21H,10-11H2,1H3,(H,20,23)(H,22,24). The second kappa shape index (κ2) is 7.00. The summed E-state index contributed by atoms with van der Waals surface area (Å²) < 4.78 is 0. The van der Waals surface area contributed by atoms with Gasteiger partial charge in [-0.15, -0.1) is 0 Å². The van der Waals surface area contributed by atoms with Crippen molar-refractivity contribution in [1.29, 1.82) is 0 Å². The Balaban J connectivity index is 1.63. The molecular formula is C19H19N3O2. The van der Waals surface area contributed by atoms with Gasteiger partial charge >= 0.3 is 0 Å². The monoisotopic (exact) mass is 321 g/mol. The number of carbonyl (C=O) groups is 2. The first kappa shape index (κ1) is 15.8. The second-order valence-corrected chi connectivity index (χ2v) is 5.63. The van der Waals surface area contributed by atoms with Crippen LogP contribution in [0.15, 0.2) is 54.7 Å². The van der Waals surface area contributed by atoms with Gasteiger partial charge in [-0.25, -0.2) is 0 Å². The number of para-hydroxylation sites is 1. The number of amides is 2. The predicted octanol–water partition coefficient (Wildman–Crippen LogP) is 2.64. The minimum Gasteiger partial charge on any atom is -0.361 e. The summed E-state index contributed by atoms with van der Waals surface area (Å²) in [7, 11) is 1.61. The van der Waals surface area contributed by atoms with Crippen LogP contribution in [-0.4, -0.2) is 23.8 Å². The summed E-state index contributed by atoms with van der Waals surface area (Å²) in [5.74, 6) is -0.107. The van der Waals surface area contributed by atoms with Crippen molar-refractivity contribution in [2.45, 2.75) is 12.8 Å². The molecule has 24 heavy (non-hydrogen) atoms. The average Bonchev–Trinajstić information content (AvgIpc) is 2.99. The van der Waals surface area contributed by atoms with Gasteiger partial charge in [0.15, 0.2) is 0 Å². The zero-order chi connectivity index (χ0) is 16.9. The van der Waals surface area contributed by atoms with Crippen LogP contribution in [0.4, 0.5) is 5.69 Å². The molecule has 2 aromatic carbocycles. The van der Waals surface area contributed by atoms with Crippen molar-refractivity contribution in [2.75, 3.05) is 12.4 Å². The maximum Gasteiger partial charge on any atom is 0.228 e. The van der Waals surface area contributed by atoms with Crippen LogP contribution in [0.2, 0.25) is 0 Å². The zero-order valence-electron chi connectivity index (χ0n) is 13.4. The molecule has 5 nitrogen and oxygen atoms in total. The molecule has 122 valence electrons. The minimum atomic E-state index is -0.0706. The van der Waals surface area contributed by atoms with Crippen LogP contribution in [0.25, 0.3) is 10.9 Å². The maximum absolute atomic E-state index is 12.2. The molecule has 3 aromatic rings. The molecule has 0 bridgehead atoms. The van der Waals surface area contributed by atoms with E-state index in [2.05, 4.69) is 15.6 Å². The Hall–Kier alpha value is -3.08. The van der Waals surface area contributed by atoms with Crippen molar-refractivity contribution in [1.82, 2.24) is 10.3 Å². The lowest BCUT2D eigenvalue weighted by Crippen LogP contribution is -2.20. The lowest BCUT2D eigenvalue weighted by molar-refractivity contribution is -0.120. The van der Waals surface area contributed by atoms with Crippen molar-refractivity contribution in [2.24, 2.45) is 0 Å². The van der Waals surface area contributed by atoms with Crippen LogP contribution in [-0.2, 0) is 22.4 Å². The summed E-state index contributed by atoms with van der Waals surface area (Å²) in [5, 5.41) is 6.54. The number of likely N-dealkylation sites (N-methyl/N-ethyl adjacent to an activating group) is 1. The maximum atomic E-state index is 12.2. The largest absolute Gasteiger partial charge is 0.361 e. The van der Waals surface area contributed by atoms with E-state index in [1.54, 1.807) is 7.05 Å². The Morgan fingerprint density at radius 1 is 0.958 bits per heavy atom. The zero-order valence-corrected chi connectivity index (χ0v) is 13.4. The molecule has 2 amide bonds. The minimum absolute atomic E-state index is 0.0360. The molecule has 0 saturated heterocycles. The Bertz CT molecular complexity index is 866. The Morgan fingerprint density at radius 2 is 1.71 bits per heavy atom. The lowest BCUT2D eigenvalue weighted by atomic mass is 10.1. The molecule has 0 aliphatic rings. The number of aromatic nitrogens is 1. The molecule has 0 saturated carbocycles. The fraction of sp³-hybridized carbons (Fsp3) is 0.158. The molecule has 1 aromatic heterocycles. The molecule has 3 rings (SSSR count). The van der Waals surface area contributed by atoms with Crippen molar-refractivity contribution in [3.8, 4) is 0 Å². The molecule has 0 fully saturated rings. The highest BCUT2D eigenvalue weighted by Gasteiger charge is 2.09. The van der Waals surface area contributed by atoms with Gasteiger partial charge in [-0.3, -0.25) is 9.59 Å². The smallest absolute Gasteiger partial charge is 0.228 e. The van der Waals surface area contributed by atoms with E-state index in [0.29, 0.717) is 12.8 Å². The van der Waals surface area contributed by atoms with E-state index in [4.69, 9.17) is 0 Å². The van der Waals surface area contributed by atoms with Crippen LogP contribution >= 0.6 is 0 Å². The third kappa shape index (κ3) is 3.63. The summed E-state index contributed by atoms with van der Waals surface area (Å²) in [4.78, 5) is 26.8. The van der Waals surface area contributed by atoms with Gasteiger partial charge < -0.3 is 15.6 Å². The Labute approximate surface area is 140 Å². The van der Waals surface area contributed by atoms with Crippen LogP contribution < -0.4 is 10.6 Å². The van der Waals surface area contributed by atoms with Crippen LogP contribution in [0.5, 0.6) is 0 Å². The second-order valence-electron chi connectivity index (χ2n) is 5.63. The number of H-pyrrole nitrogens is 1. The molecular weight excluding hydrogens is 302 g/mol. The number of fused-ring (bicyclic) bond motifs is 1. The molecule has 0 radical (unpaired) electrons. The third-order valence-corrected chi connectivity index (χ3v) is 3.91. The number of carbonyl (C=O) groups excluding carboxylic acids is 2. The molecule has 0 aliphatic carbocycles. The Kier molecular flexibility index (Phi) is 4.61. The number of anilines is 1. The summed E-state index contributed by atoms with van der Waals surface area (Å²) in [6, 6.07) is 15.2. The normalized spacial score (nSPS) is 10.5. The fourth-order valence-corrected chi connectivity index (χ4v) is 2.64. The summed E-state index contributed by atoms with van der Waals surface area (Å²) in [6.45, 7) is 0. The van der Waals surface area contributed by atoms with Gasteiger partial charge in [0.2, 0.25) is 11.8 Å². The van der Waals surface area contributed by atoms with Crippen LogP contribution in [0, 0.1) is 0 Å². The van der Waals surface area contributed by atoms with Gasteiger partial charge in [0.25, 0.3) is 0 Å². The predicted molar refractivity (Wildman–Crippen MR) is 94.8 cm³/mol. The Morgan fingerprint density at radius 3 is 2.46 bits per heavy atom. The van der Waals surface area contributed by atoms with Gasteiger partial charge in [0, 0.05) is 29.8 Å². The molecule has 0 spiro atoms. The van der Waals surface area contributed by atoms with Crippen LogP contribution in [0.3, 0.4) is 0 Å². The number of hydrogen-bond acceptors (Lipinski definition) is 2. The van der Waals surface area contributed by atoms with Crippen molar-refractivity contribution >= 4 is 28.4 Å². The van der Waals surface area contributed by atoms with E-state index in [1.165, 1.54) is 0 Å². The fourth-order valence-electron chi connectivity index (χ4n) is 2.64. The van der Waals surface area contributed by atoms with Gasteiger partial charge in [0.05, 0.1) is 12.8 Å². The van der Waals surface area contributed by atoms with Gasteiger partial charge in [-0.2, -0.15) is 0 Å². The first-order chi connectivity index (χ1) is 11.7. The van der Waals surface area contributed by atoms with Crippen molar-refractivity contribution < 1.29 is 9.59 Å². The number of benzene rings is 2. The molecule has 5 heteroatoms. The van der Waals surface area contributed by atoms with E-state index >= 15 is 0 Å². The number of nitrogens with one attached hydrogen (secondary N) is 3. The van der Waals surface area contributed by atoms with Gasteiger partial charge in [-0.1, -0.05) is 30.3 Å². The first-order valence-corrected chi connectivity index (χ1v) is 7.80. The third-order valence-electron chi connectivity index (χ3n) is 3.91. The van der Waals surface area contributed by atoms with E-state index in [9.17, 15) is 9.59 Å². The molecule has 0 aliphatic heterocycles. The van der Waals surface area contributed by atoms with E-state index in [-0.39, 0.29) is 11.8 Å². The van der Waals surface area contributed by atoms with E-state index in [0.717, 1.165) is 27.7 Å². The summed E-state index contributed by atoms with van der Waals surface area (Å²) >= 11 is 0. The molecule has 1 heterocycles. The highest BCUT2D eigenvalue weighted by Crippen LogP contribution is 2.19. The first-order valence-electron chi connectivity index (χ1n) is 7.80. The van der Waals surface area contributed by atoms with Gasteiger partial charge in [0.1, 0.15) is 0 Å². The summed E-state index contributed by atoms with van der Waals surface area (Å²) in [5.41, 5.74) is 3.63. The van der Waals surface area contributed by atoms with Gasteiger partial charge in [-0.05, 0) is 29.3 Å². The molecule has 0 unspecified atom stereocenters. The SMILES string of the molecule is CNC(=O)Cc1ccc(NC(=O)Cc2c[nH]c3ccccc23)cc1. The van der Waals surface area contributed by atoms with E-state index < -0.39 is 0 Å². The molecule has 3 N–H and O–H groups in total. The number of rotatable bonds is 5. The number of aromatic amines is 1. The molecule has 0 atom stereocenters. The van der Waals surface area contributed by atoms with E-state index in [1.807, 2.05) is 54.7 Å². The summed E-state index contributed by atoms with van der Waals surface area (Å²) in [6.07, 6.45) is 2.51.